The molecule has 1 aromatic heterocycles. The van der Waals surface area contributed by atoms with E-state index in [4.69, 9.17) is 14.0 Å². The molecule has 0 saturated carbocycles. The summed E-state index contributed by atoms with van der Waals surface area (Å²) in [7, 11) is 0. The van der Waals surface area contributed by atoms with Gasteiger partial charge in [-0.05, 0) is 37.5 Å². The normalized spacial score (nSPS) is 11.0. The first-order valence-corrected chi connectivity index (χ1v) is 8.10. The molecule has 0 aliphatic rings. The first-order valence-electron chi connectivity index (χ1n) is 8.10. The SMILES string of the molecule is CCOc1cc(CNCc2cc(C)on2)ccc1OCC(C)C. The molecule has 0 amide bonds. The van der Waals surface area contributed by atoms with Gasteiger partial charge in [-0.2, -0.15) is 0 Å². The average Bonchev–Trinajstić information content (AvgIpc) is 2.92. The Hall–Kier alpha value is -2.01. The minimum absolute atomic E-state index is 0.483. The van der Waals surface area contributed by atoms with Gasteiger partial charge < -0.3 is 19.3 Å². The van der Waals surface area contributed by atoms with Crippen LogP contribution in [0.25, 0.3) is 0 Å². The minimum atomic E-state index is 0.483. The second-order valence-corrected chi connectivity index (χ2v) is 5.95. The van der Waals surface area contributed by atoms with Crippen LogP contribution in [0.4, 0.5) is 0 Å². The number of ether oxygens (including phenoxy) is 2. The molecule has 0 saturated heterocycles. The Labute approximate surface area is 138 Å². The summed E-state index contributed by atoms with van der Waals surface area (Å²) in [5.41, 5.74) is 2.05. The van der Waals surface area contributed by atoms with Gasteiger partial charge in [-0.25, -0.2) is 0 Å². The van der Waals surface area contributed by atoms with Gasteiger partial charge in [0.15, 0.2) is 11.5 Å². The summed E-state index contributed by atoms with van der Waals surface area (Å²) in [6, 6.07) is 7.99. The molecule has 0 aliphatic heterocycles. The first kappa shape index (κ1) is 17.3. The Bertz CT molecular complexity index is 608. The van der Waals surface area contributed by atoms with Crippen LogP contribution in [0.3, 0.4) is 0 Å². The van der Waals surface area contributed by atoms with E-state index < -0.39 is 0 Å². The maximum Gasteiger partial charge on any atom is 0.161 e. The van der Waals surface area contributed by atoms with Gasteiger partial charge in [-0.15, -0.1) is 0 Å². The predicted octanol–water partition coefficient (Wildman–Crippen LogP) is 3.71. The number of hydrogen-bond donors (Lipinski definition) is 1. The number of nitrogens with zero attached hydrogens (tertiary/aromatic N) is 1. The van der Waals surface area contributed by atoms with Crippen molar-refractivity contribution in [3.63, 3.8) is 0 Å². The van der Waals surface area contributed by atoms with E-state index in [1.165, 1.54) is 0 Å². The third-order valence-corrected chi connectivity index (χ3v) is 3.19. The molecular weight excluding hydrogens is 292 g/mol. The number of aromatic nitrogens is 1. The predicted molar refractivity (Wildman–Crippen MR) is 89.7 cm³/mol. The molecule has 0 bridgehead atoms. The van der Waals surface area contributed by atoms with Gasteiger partial charge in [0, 0.05) is 19.2 Å². The van der Waals surface area contributed by atoms with Crippen LogP contribution in [0.5, 0.6) is 11.5 Å². The number of nitrogens with one attached hydrogen (secondary N) is 1. The molecule has 126 valence electrons. The highest BCUT2D eigenvalue weighted by Gasteiger charge is 2.08. The van der Waals surface area contributed by atoms with Gasteiger partial charge in [0.2, 0.25) is 0 Å². The highest BCUT2D eigenvalue weighted by Crippen LogP contribution is 2.29. The van der Waals surface area contributed by atoms with E-state index in [2.05, 4.69) is 30.4 Å². The van der Waals surface area contributed by atoms with E-state index in [-0.39, 0.29) is 0 Å². The molecule has 0 unspecified atom stereocenters. The van der Waals surface area contributed by atoms with E-state index in [0.29, 0.717) is 25.7 Å². The number of aryl methyl sites for hydroxylation is 1. The van der Waals surface area contributed by atoms with Crippen LogP contribution in [0, 0.1) is 12.8 Å². The standard InChI is InChI=1S/C18H26N2O3/c1-5-21-18-9-15(6-7-17(18)22-12-13(2)3)10-19-11-16-8-14(4)23-20-16/h6-9,13,19H,5,10-12H2,1-4H3. The Morgan fingerprint density at radius 1 is 1.13 bits per heavy atom. The molecule has 2 aromatic rings. The van der Waals surface area contributed by atoms with Gasteiger partial charge in [0.1, 0.15) is 5.76 Å². The van der Waals surface area contributed by atoms with Crippen molar-refractivity contribution in [3.8, 4) is 11.5 Å². The maximum atomic E-state index is 5.81. The Balaban J connectivity index is 1.94. The van der Waals surface area contributed by atoms with E-state index in [9.17, 15) is 0 Å². The molecule has 5 nitrogen and oxygen atoms in total. The molecule has 0 fully saturated rings. The molecule has 0 aliphatic carbocycles. The fraction of sp³-hybridized carbons (Fsp3) is 0.500. The van der Waals surface area contributed by atoms with Gasteiger partial charge in [0.25, 0.3) is 0 Å². The molecule has 5 heteroatoms. The quantitative estimate of drug-likeness (QED) is 0.764. The summed E-state index contributed by atoms with van der Waals surface area (Å²) in [4.78, 5) is 0. The largest absolute Gasteiger partial charge is 0.490 e. The lowest BCUT2D eigenvalue weighted by Gasteiger charge is -2.14. The Kier molecular flexibility index (Phi) is 6.47. The van der Waals surface area contributed by atoms with Crippen molar-refractivity contribution in [3.05, 3.63) is 41.3 Å². The van der Waals surface area contributed by atoms with Crippen molar-refractivity contribution >= 4 is 0 Å². The van der Waals surface area contributed by atoms with Crippen LogP contribution in [0.2, 0.25) is 0 Å². The summed E-state index contributed by atoms with van der Waals surface area (Å²) >= 11 is 0. The third kappa shape index (κ3) is 5.60. The lowest BCUT2D eigenvalue weighted by Crippen LogP contribution is -2.13. The van der Waals surface area contributed by atoms with E-state index in [1.54, 1.807) is 0 Å². The van der Waals surface area contributed by atoms with Gasteiger partial charge in [-0.3, -0.25) is 0 Å². The lowest BCUT2D eigenvalue weighted by atomic mass is 10.2. The van der Waals surface area contributed by atoms with Gasteiger partial charge >= 0.3 is 0 Å². The zero-order chi connectivity index (χ0) is 16.7. The van der Waals surface area contributed by atoms with Crippen molar-refractivity contribution in [2.75, 3.05) is 13.2 Å². The zero-order valence-corrected chi connectivity index (χ0v) is 14.4. The van der Waals surface area contributed by atoms with Crippen LogP contribution in [0.1, 0.15) is 37.8 Å². The third-order valence-electron chi connectivity index (χ3n) is 3.19. The van der Waals surface area contributed by atoms with E-state index in [1.807, 2.05) is 32.0 Å². The smallest absolute Gasteiger partial charge is 0.161 e. The summed E-state index contributed by atoms with van der Waals surface area (Å²) < 4.78 is 16.6. The molecule has 23 heavy (non-hydrogen) atoms. The van der Waals surface area contributed by atoms with Crippen LogP contribution < -0.4 is 14.8 Å². The highest BCUT2D eigenvalue weighted by atomic mass is 16.5. The Morgan fingerprint density at radius 2 is 1.96 bits per heavy atom. The molecule has 1 heterocycles. The summed E-state index contributed by atoms with van der Waals surface area (Å²) in [6.45, 7) is 10.8. The fourth-order valence-electron chi connectivity index (χ4n) is 2.14. The van der Waals surface area contributed by atoms with Crippen LogP contribution in [-0.2, 0) is 13.1 Å². The van der Waals surface area contributed by atoms with Crippen molar-refractivity contribution < 1.29 is 14.0 Å². The second kappa shape index (κ2) is 8.58. The summed E-state index contributed by atoms with van der Waals surface area (Å²) in [5.74, 6) is 2.91. The van der Waals surface area contributed by atoms with Crippen molar-refractivity contribution in [2.24, 2.45) is 5.92 Å². The second-order valence-electron chi connectivity index (χ2n) is 5.95. The van der Waals surface area contributed by atoms with Crippen molar-refractivity contribution in [1.29, 1.82) is 0 Å². The van der Waals surface area contributed by atoms with Crippen LogP contribution in [0.15, 0.2) is 28.8 Å². The molecule has 0 atom stereocenters. The maximum absolute atomic E-state index is 5.81. The lowest BCUT2D eigenvalue weighted by molar-refractivity contribution is 0.248. The monoisotopic (exact) mass is 318 g/mol. The van der Waals surface area contributed by atoms with Crippen molar-refractivity contribution in [2.45, 2.75) is 40.8 Å². The first-order chi connectivity index (χ1) is 11.1. The molecular formula is C18H26N2O3. The van der Waals surface area contributed by atoms with Crippen LogP contribution >= 0.6 is 0 Å². The van der Waals surface area contributed by atoms with E-state index in [0.717, 1.165) is 35.1 Å². The summed E-state index contributed by atoms with van der Waals surface area (Å²) in [6.07, 6.45) is 0. The molecule has 1 aromatic carbocycles. The van der Waals surface area contributed by atoms with Gasteiger partial charge in [0.05, 0.1) is 18.9 Å². The fourth-order valence-corrected chi connectivity index (χ4v) is 2.14. The zero-order valence-electron chi connectivity index (χ0n) is 14.4. The van der Waals surface area contributed by atoms with Crippen molar-refractivity contribution in [1.82, 2.24) is 10.5 Å². The average molecular weight is 318 g/mol. The Morgan fingerprint density at radius 3 is 2.61 bits per heavy atom. The molecule has 2 rings (SSSR count). The molecule has 0 radical (unpaired) electrons. The van der Waals surface area contributed by atoms with Gasteiger partial charge in [-0.1, -0.05) is 25.1 Å². The number of hydrogen-bond acceptors (Lipinski definition) is 5. The van der Waals surface area contributed by atoms with Crippen LogP contribution in [-0.4, -0.2) is 18.4 Å². The summed E-state index contributed by atoms with van der Waals surface area (Å²) in [5, 5.41) is 7.32. The highest BCUT2D eigenvalue weighted by molar-refractivity contribution is 5.43. The number of rotatable bonds is 9. The minimum Gasteiger partial charge on any atom is -0.490 e. The number of benzene rings is 1. The molecule has 1 N–H and O–H groups in total. The topological polar surface area (TPSA) is 56.5 Å². The molecule has 0 spiro atoms. The van der Waals surface area contributed by atoms with E-state index >= 15 is 0 Å².